The van der Waals surface area contributed by atoms with E-state index in [1.165, 1.54) is 0 Å². The molecule has 6 nitrogen and oxygen atoms in total. The number of imidazole rings is 1. The van der Waals surface area contributed by atoms with Crippen LogP contribution in [0.3, 0.4) is 0 Å². The summed E-state index contributed by atoms with van der Waals surface area (Å²) < 4.78 is 12.7. The van der Waals surface area contributed by atoms with Crippen molar-refractivity contribution in [3.63, 3.8) is 0 Å². The van der Waals surface area contributed by atoms with Crippen LogP contribution in [0.1, 0.15) is 11.7 Å². The molecule has 0 amide bonds. The molecule has 1 N–H and O–H groups in total. The van der Waals surface area contributed by atoms with Gasteiger partial charge in [0.2, 0.25) is 5.89 Å². The molecule has 0 saturated carbocycles. The number of ether oxygens (including phenoxy) is 1. The Morgan fingerprint density at radius 1 is 1.47 bits per heavy atom. The van der Waals surface area contributed by atoms with E-state index < -0.39 is 0 Å². The molecule has 0 aliphatic heterocycles. The van der Waals surface area contributed by atoms with Gasteiger partial charge < -0.3 is 18.8 Å². The number of fused-ring (bicyclic) bond motifs is 1. The third-order valence-corrected chi connectivity index (χ3v) is 3.17. The van der Waals surface area contributed by atoms with Gasteiger partial charge in [0.25, 0.3) is 0 Å². The van der Waals surface area contributed by atoms with Gasteiger partial charge in [0.15, 0.2) is 10.6 Å². The molecule has 0 bridgehead atoms. The Balaban J connectivity index is 2.11. The monoisotopic (exact) mass is 276 g/mol. The minimum atomic E-state index is 0.462. The average Bonchev–Trinajstić information content (AvgIpc) is 2.94. The molecule has 0 fully saturated rings. The van der Waals surface area contributed by atoms with E-state index in [2.05, 4.69) is 15.1 Å². The minimum absolute atomic E-state index is 0.462. The first-order valence-corrected chi connectivity index (χ1v) is 6.14. The maximum absolute atomic E-state index is 5.32. The van der Waals surface area contributed by atoms with Crippen LogP contribution in [-0.2, 0) is 6.54 Å². The highest BCUT2D eigenvalue weighted by Gasteiger charge is 2.09. The summed E-state index contributed by atoms with van der Waals surface area (Å²) >= 11 is 5.32. The molecule has 0 aliphatic carbocycles. The molecule has 0 unspecified atom stereocenters. The van der Waals surface area contributed by atoms with Crippen molar-refractivity contribution in [3.8, 4) is 5.75 Å². The first kappa shape index (κ1) is 11.9. The fourth-order valence-corrected chi connectivity index (χ4v) is 2.24. The first-order valence-electron chi connectivity index (χ1n) is 5.73. The molecular weight excluding hydrogens is 264 g/mol. The van der Waals surface area contributed by atoms with Crippen molar-refractivity contribution in [3.05, 3.63) is 34.7 Å². The van der Waals surface area contributed by atoms with Crippen molar-refractivity contribution in [2.75, 3.05) is 7.11 Å². The molecular formula is C12H12N4O2S. The van der Waals surface area contributed by atoms with E-state index in [4.69, 9.17) is 21.5 Å². The largest absolute Gasteiger partial charge is 0.497 e. The van der Waals surface area contributed by atoms with Gasteiger partial charge in [-0.3, -0.25) is 0 Å². The second-order valence-corrected chi connectivity index (χ2v) is 4.52. The van der Waals surface area contributed by atoms with E-state index in [0.29, 0.717) is 23.0 Å². The Labute approximate surface area is 114 Å². The first-order chi connectivity index (χ1) is 9.17. The highest BCUT2D eigenvalue weighted by molar-refractivity contribution is 7.71. The van der Waals surface area contributed by atoms with Gasteiger partial charge in [-0.2, -0.15) is 4.98 Å². The van der Waals surface area contributed by atoms with Crippen LogP contribution in [0.25, 0.3) is 11.0 Å². The predicted molar refractivity (Wildman–Crippen MR) is 71.8 cm³/mol. The van der Waals surface area contributed by atoms with Crippen molar-refractivity contribution in [2.45, 2.75) is 13.5 Å². The van der Waals surface area contributed by atoms with Crippen molar-refractivity contribution in [1.29, 1.82) is 0 Å². The molecule has 0 aliphatic rings. The van der Waals surface area contributed by atoms with E-state index in [1.807, 2.05) is 22.8 Å². The van der Waals surface area contributed by atoms with Gasteiger partial charge >= 0.3 is 0 Å². The summed E-state index contributed by atoms with van der Waals surface area (Å²) in [4.78, 5) is 7.33. The minimum Gasteiger partial charge on any atom is -0.497 e. The van der Waals surface area contributed by atoms with Gasteiger partial charge in [0.1, 0.15) is 5.75 Å². The molecule has 3 aromatic rings. The van der Waals surface area contributed by atoms with E-state index in [-0.39, 0.29) is 0 Å². The lowest BCUT2D eigenvalue weighted by Gasteiger charge is -2.02. The van der Waals surface area contributed by atoms with Crippen LogP contribution >= 0.6 is 12.2 Å². The van der Waals surface area contributed by atoms with Crippen molar-refractivity contribution in [2.24, 2.45) is 0 Å². The van der Waals surface area contributed by atoms with E-state index in [9.17, 15) is 0 Å². The summed E-state index contributed by atoms with van der Waals surface area (Å²) in [7, 11) is 1.63. The molecule has 2 heterocycles. The molecule has 1 aromatic carbocycles. The maximum atomic E-state index is 5.32. The van der Waals surface area contributed by atoms with Gasteiger partial charge in [-0.25, -0.2) is 0 Å². The number of methoxy groups -OCH3 is 1. The molecule has 0 radical (unpaired) electrons. The van der Waals surface area contributed by atoms with E-state index >= 15 is 0 Å². The molecule has 19 heavy (non-hydrogen) atoms. The molecule has 0 atom stereocenters. The third kappa shape index (κ3) is 2.12. The van der Waals surface area contributed by atoms with Gasteiger partial charge in [0.05, 0.1) is 24.7 Å². The number of nitrogens with one attached hydrogen (secondary N) is 1. The van der Waals surface area contributed by atoms with Crippen LogP contribution in [-0.4, -0.2) is 26.8 Å². The second-order valence-electron chi connectivity index (χ2n) is 4.13. The Hall–Kier alpha value is -2.15. The summed E-state index contributed by atoms with van der Waals surface area (Å²) in [5.41, 5.74) is 1.90. The Bertz CT molecular complexity index is 786. The number of aromatic nitrogens is 4. The average molecular weight is 276 g/mol. The maximum Gasteiger partial charge on any atom is 0.223 e. The Morgan fingerprint density at radius 2 is 2.32 bits per heavy atom. The summed E-state index contributed by atoms with van der Waals surface area (Å²) in [6, 6.07) is 5.74. The smallest absolute Gasteiger partial charge is 0.223 e. The normalized spacial score (nSPS) is 11.1. The molecule has 0 spiro atoms. The lowest BCUT2D eigenvalue weighted by Crippen LogP contribution is -2.01. The van der Waals surface area contributed by atoms with Crippen LogP contribution in [0, 0.1) is 11.7 Å². The van der Waals surface area contributed by atoms with Crippen LogP contribution in [0.2, 0.25) is 0 Å². The Morgan fingerprint density at radius 3 is 3.00 bits per heavy atom. The number of aromatic amines is 1. The lowest BCUT2D eigenvalue weighted by molar-refractivity contribution is 0.386. The molecule has 98 valence electrons. The number of benzene rings is 1. The summed E-state index contributed by atoms with van der Waals surface area (Å²) in [6.45, 7) is 2.22. The van der Waals surface area contributed by atoms with Gasteiger partial charge in [-0.1, -0.05) is 5.16 Å². The molecule has 7 heteroatoms. The number of aryl methyl sites for hydroxylation is 1. The van der Waals surface area contributed by atoms with E-state index in [0.717, 1.165) is 16.8 Å². The SMILES string of the molecule is COc1ccc2[nH]c(=S)n(Cc3noc(C)n3)c2c1. The fraction of sp³-hybridized carbons (Fsp3) is 0.250. The number of H-pyrrole nitrogens is 1. The molecule has 2 aromatic heterocycles. The highest BCUT2D eigenvalue weighted by atomic mass is 32.1. The van der Waals surface area contributed by atoms with Crippen LogP contribution in [0.15, 0.2) is 22.7 Å². The quantitative estimate of drug-likeness (QED) is 0.744. The van der Waals surface area contributed by atoms with Crippen molar-refractivity contribution >= 4 is 23.3 Å². The molecule has 0 saturated heterocycles. The zero-order valence-corrected chi connectivity index (χ0v) is 11.3. The molecule has 3 rings (SSSR count). The van der Waals surface area contributed by atoms with Crippen molar-refractivity contribution < 1.29 is 9.26 Å². The number of hydrogen-bond donors (Lipinski definition) is 1. The lowest BCUT2D eigenvalue weighted by atomic mass is 10.3. The Kier molecular flexibility index (Phi) is 2.83. The topological polar surface area (TPSA) is 68.9 Å². The fourth-order valence-electron chi connectivity index (χ4n) is 1.96. The number of nitrogens with zero attached hydrogens (tertiary/aromatic N) is 3. The van der Waals surface area contributed by atoms with Gasteiger partial charge in [-0.05, 0) is 24.4 Å². The van der Waals surface area contributed by atoms with Crippen LogP contribution in [0.5, 0.6) is 5.75 Å². The van der Waals surface area contributed by atoms with Gasteiger partial charge in [0, 0.05) is 13.0 Å². The zero-order chi connectivity index (χ0) is 13.4. The summed E-state index contributed by atoms with van der Waals surface area (Å²) in [5, 5.41) is 3.88. The number of rotatable bonds is 3. The third-order valence-electron chi connectivity index (χ3n) is 2.85. The standard InChI is InChI=1S/C12H12N4O2S/c1-7-13-11(15-18-7)6-16-10-5-8(17-2)3-4-9(10)14-12(16)19/h3-5H,6H2,1-2H3,(H,14,19). The van der Waals surface area contributed by atoms with Crippen molar-refractivity contribution in [1.82, 2.24) is 19.7 Å². The summed E-state index contributed by atoms with van der Waals surface area (Å²) in [6.07, 6.45) is 0. The second kappa shape index (κ2) is 4.51. The predicted octanol–water partition coefficient (Wildman–Crippen LogP) is 2.45. The van der Waals surface area contributed by atoms with Crippen LogP contribution < -0.4 is 4.74 Å². The zero-order valence-electron chi connectivity index (χ0n) is 10.5. The highest BCUT2D eigenvalue weighted by Crippen LogP contribution is 2.21. The summed E-state index contributed by atoms with van der Waals surface area (Å²) in [5.74, 6) is 1.91. The van der Waals surface area contributed by atoms with Crippen LogP contribution in [0.4, 0.5) is 0 Å². The number of hydrogen-bond acceptors (Lipinski definition) is 5. The van der Waals surface area contributed by atoms with Gasteiger partial charge in [-0.15, -0.1) is 0 Å². The van der Waals surface area contributed by atoms with E-state index in [1.54, 1.807) is 14.0 Å².